The van der Waals surface area contributed by atoms with Crippen molar-refractivity contribution >= 4 is 39.5 Å². The Kier molecular flexibility index (Phi) is 69.3. The van der Waals surface area contributed by atoms with Gasteiger partial charge in [-0.3, -0.25) is 37.3 Å². The average molecular weight is 1460 g/mol. The lowest BCUT2D eigenvalue weighted by atomic mass is 10.0. The molecule has 0 aliphatic heterocycles. The molecule has 0 heterocycles. The van der Waals surface area contributed by atoms with Crippen molar-refractivity contribution in [2.45, 2.75) is 277 Å². The van der Waals surface area contributed by atoms with E-state index in [2.05, 4.69) is 161 Å². The number of rotatable bonds is 69. The number of carbonyl (C=O) groups excluding carboxylic acids is 4. The van der Waals surface area contributed by atoms with Gasteiger partial charge in [0.2, 0.25) is 0 Å². The third-order valence-electron chi connectivity index (χ3n) is 14.9. The minimum absolute atomic E-state index is 0.00483. The minimum Gasteiger partial charge on any atom is -0.462 e. The van der Waals surface area contributed by atoms with E-state index in [1.54, 1.807) is 6.08 Å². The average Bonchev–Trinajstić information content (AvgIpc) is 0.959. The minimum atomic E-state index is -5.02. The molecule has 0 bridgehead atoms. The van der Waals surface area contributed by atoms with E-state index in [9.17, 15) is 43.2 Å². The summed E-state index contributed by atoms with van der Waals surface area (Å²) in [5, 5.41) is 10.6. The summed E-state index contributed by atoms with van der Waals surface area (Å²) < 4.78 is 68.2. The molecule has 0 aromatic rings. The van der Waals surface area contributed by atoms with Crippen LogP contribution in [0.1, 0.15) is 259 Å². The largest absolute Gasteiger partial charge is 0.472 e. The zero-order valence-corrected chi connectivity index (χ0v) is 64.5. The summed E-state index contributed by atoms with van der Waals surface area (Å²) in [5.41, 5.74) is 0. The van der Waals surface area contributed by atoms with Crippen LogP contribution in [0, 0.1) is 0 Å². The highest BCUT2D eigenvalue weighted by Gasteiger charge is 2.30. The van der Waals surface area contributed by atoms with E-state index in [-0.39, 0.29) is 25.7 Å². The fourth-order valence-electron chi connectivity index (χ4n) is 9.25. The van der Waals surface area contributed by atoms with Crippen LogP contribution in [0.25, 0.3) is 0 Å². The van der Waals surface area contributed by atoms with Crippen LogP contribution in [0.4, 0.5) is 0 Å². The maximum atomic E-state index is 13.1. The number of allylic oxidation sites excluding steroid dienone is 29. The third kappa shape index (κ3) is 72.5. The zero-order valence-electron chi connectivity index (χ0n) is 62.7. The highest BCUT2D eigenvalue weighted by atomic mass is 31.2. The van der Waals surface area contributed by atoms with Crippen LogP contribution in [0.3, 0.4) is 0 Å². The first-order chi connectivity index (χ1) is 49.7. The number of hydrogen-bond acceptors (Lipinski definition) is 15. The summed E-state index contributed by atoms with van der Waals surface area (Å²) in [4.78, 5) is 72.8. The first-order valence-electron chi connectivity index (χ1n) is 38.0. The van der Waals surface area contributed by atoms with Crippen molar-refractivity contribution in [3.05, 3.63) is 182 Å². The van der Waals surface area contributed by atoms with E-state index in [4.69, 9.17) is 37.0 Å². The lowest BCUT2D eigenvalue weighted by Crippen LogP contribution is -2.30. The van der Waals surface area contributed by atoms with Crippen molar-refractivity contribution in [2.24, 2.45) is 0 Å². The van der Waals surface area contributed by atoms with Gasteiger partial charge in [-0.1, -0.05) is 287 Å². The molecule has 0 aromatic heterocycles. The van der Waals surface area contributed by atoms with Crippen molar-refractivity contribution in [1.82, 2.24) is 0 Å². The Morgan fingerprint density at radius 1 is 0.294 bits per heavy atom. The summed E-state index contributed by atoms with van der Waals surface area (Å²) >= 11 is 0. The highest BCUT2D eigenvalue weighted by molar-refractivity contribution is 7.47. The quantitative estimate of drug-likeness (QED) is 0.0169. The van der Waals surface area contributed by atoms with Crippen molar-refractivity contribution in [2.75, 3.05) is 39.6 Å². The number of unbranched alkanes of at least 4 members (excludes halogenated alkanes) is 14. The second kappa shape index (κ2) is 73.5. The van der Waals surface area contributed by atoms with Gasteiger partial charge in [-0.2, -0.15) is 0 Å². The van der Waals surface area contributed by atoms with Crippen LogP contribution in [0.5, 0.6) is 0 Å². The Bertz CT molecular complexity index is 2650. The molecular weight excluding hydrogens is 1330 g/mol. The molecule has 0 rings (SSSR count). The molecule has 102 heavy (non-hydrogen) atoms. The molecule has 0 radical (unpaired) electrons. The van der Waals surface area contributed by atoms with Gasteiger partial charge in [0.1, 0.15) is 19.3 Å². The van der Waals surface area contributed by atoms with Gasteiger partial charge in [0.15, 0.2) is 12.2 Å². The fraction of sp³-hybridized carbons (Fsp3) is 0.590. The van der Waals surface area contributed by atoms with Gasteiger partial charge in [0.05, 0.1) is 32.8 Å². The highest BCUT2D eigenvalue weighted by Crippen LogP contribution is 2.45. The zero-order chi connectivity index (χ0) is 74.6. The predicted molar refractivity (Wildman–Crippen MR) is 417 cm³/mol. The third-order valence-corrected chi connectivity index (χ3v) is 16.8. The van der Waals surface area contributed by atoms with Crippen LogP contribution in [-0.2, 0) is 65.4 Å². The number of hydrogen-bond donors (Lipinski definition) is 3. The summed E-state index contributed by atoms with van der Waals surface area (Å²) in [5.74, 6) is -2.48. The van der Waals surface area contributed by atoms with Gasteiger partial charge >= 0.3 is 39.5 Å². The molecule has 0 fully saturated rings. The number of carbonyl (C=O) groups is 4. The van der Waals surface area contributed by atoms with Crippen molar-refractivity contribution in [3.63, 3.8) is 0 Å². The number of phosphoric ester groups is 2. The molecule has 0 aromatic carbocycles. The van der Waals surface area contributed by atoms with Crippen LogP contribution in [-0.4, -0.2) is 96.7 Å². The first-order valence-corrected chi connectivity index (χ1v) is 41.0. The van der Waals surface area contributed by atoms with E-state index in [0.717, 1.165) is 116 Å². The van der Waals surface area contributed by atoms with Gasteiger partial charge in [-0.15, -0.1) is 0 Å². The number of esters is 4. The van der Waals surface area contributed by atoms with Crippen molar-refractivity contribution in [3.8, 4) is 0 Å². The summed E-state index contributed by atoms with van der Waals surface area (Å²) in [6, 6.07) is 0. The molecule has 0 amide bonds. The summed E-state index contributed by atoms with van der Waals surface area (Å²) in [6.45, 7) is 4.25. The number of aliphatic hydroxyl groups is 1. The monoisotopic (exact) mass is 1460 g/mol. The van der Waals surface area contributed by atoms with Crippen molar-refractivity contribution in [1.29, 1.82) is 0 Å². The fourth-order valence-corrected chi connectivity index (χ4v) is 10.8. The SMILES string of the molecule is CC/C=C\C/C=C\C/C=C\C/C=C\C/C=C\CCCC(=O)OCC(COP(=O)(O)OCC(O)COP(=O)(O)OCC(COC(=O)C/C=C\C/C=C\C/C=C\C/C=C\C/C=C\CC)OC(=O)CCCCCCCCCCCCCCC)OC(=O)CCC/C=C\C/C=C\C/C=C\C/C=C\C/C=C\CC. The van der Waals surface area contributed by atoms with Gasteiger partial charge in [0, 0.05) is 19.3 Å². The summed E-state index contributed by atoms with van der Waals surface area (Å²) in [7, 11) is -10.0. The molecule has 0 spiro atoms. The Morgan fingerprint density at radius 2 is 0.549 bits per heavy atom. The standard InChI is InChI=1S/C83H132O17P2/c1-5-9-13-17-21-25-29-33-36-38-41-45-48-52-56-60-64-68-81(86)94-74-79(100-83(88)70-66-62-58-54-50-46-42-39-37-34-30-26-22-18-14-10-6-2)76-98-102(91,92)96-72-77(84)71-95-101(89,90)97-75-78(99-82(87)69-65-61-57-53-49-43-32-28-24-20-16-12-8-4)73-93-80(85)67-63-59-55-51-47-44-40-35-31-27-23-19-15-11-7-3/h9-11,13-15,21-23,25-27,33-37,40-42,45-47,51-52,54,56,58-59,63,77-79,84H,5-8,12,16-20,24,28-32,38-39,43-44,48-50,53,55,57,60-62,64-76H2,1-4H3,(H,89,90)(H,91,92)/b13-9-,14-10-,15-11-,25-21-,26-22-,27-23-,36-33-,37-34-,40-35-,45-41-,46-42-,51-47-,56-52-,58-54-,63-59-. The Morgan fingerprint density at radius 3 is 0.873 bits per heavy atom. The molecule has 0 aliphatic rings. The molecular formula is C83H132O17P2. The Labute approximate surface area is 615 Å². The van der Waals surface area contributed by atoms with Gasteiger partial charge in [-0.05, 0) is 128 Å². The molecule has 3 N–H and O–H groups in total. The molecule has 576 valence electrons. The lowest BCUT2D eigenvalue weighted by Gasteiger charge is -2.21. The normalized spacial score (nSPS) is 14.9. The van der Waals surface area contributed by atoms with Crippen LogP contribution in [0.15, 0.2) is 182 Å². The molecule has 0 aliphatic carbocycles. The summed E-state index contributed by atoms with van der Waals surface area (Å²) in [6.07, 6.45) is 87.9. The second-order valence-corrected chi connectivity index (χ2v) is 27.4. The van der Waals surface area contributed by atoms with Gasteiger partial charge in [-0.25, -0.2) is 9.13 Å². The predicted octanol–water partition coefficient (Wildman–Crippen LogP) is 22.0. The van der Waals surface area contributed by atoms with Crippen LogP contribution >= 0.6 is 15.6 Å². The molecule has 0 saturated heterocycles. The number of ether oxygens (including phenoxy) is 4. The second-order valence-electron chi connectivity index (χ2n) is 24.5. The molecule has 5 atom stereocenters. The van der Waals surface area contributed by atoms with Crippen molar-refractivity contribution < 1.29 is 80.2 Å². The van der Waals surface area contributed by atoms with Crippen LogP contribution in [0.2, 0.25) is 0 Å². The molecule has 0 saturated carbocycles. The van der Waals surface area contributed by atoms with Gasteiger partial charge in [0.25, 0.3) is 0 Å². The number of phosphoric acid groups is 2. The first kappa shape index (κ1) is 96.2. The Balaban J connectivity index is 5.54. The maximum absolute atomic E-state index is 13.1. The smallest absolute Gasteiger partial charge is 0.462 e. The van der Waals surface area contributed by atoms with E-state index in [0.29, 0.717) is 38.5 Å². The topological polar surface area (TPSA) is 237 Å². The molecule has 19 heteroatoms. The van der Waals surface area contributed by atoms with E-state index >= 15 is 0 Å². The van der Waals surface area contributed by atoms with Gasteiger partial charge < -0.3 is 33.8 Å². The Hall–Kier alpha value is -5.84. The maximum Gasteiger partial charge on any atom is 0.472 e. The van der Waals surface area contributed by atoms with E-state index in [1.165, 1.54) is 51.4 Å². The molecule has 5 unspecified atom stereocenters. The number of aliphatic hydroxyl groups excluding tert-OH is 1. The lowest BCUT2D eigenvalue weighted by molar-refractivity contribution is -0.161. The molecule has 17 nitrogen and oxygen atoms in total. The van der Waals surface area contributed by atoms with E-state index in [1.807, 2.05) is 42.5 Å². The van der Waals surface area contributed by atoms with E-state index < -0.39 is 97.5 Å². The van der Waals surface area contributed by atoms with Crippen LogP contribution < -0.4 is 0 Å².